The molecule has 29 heavy (non-hydrogen) atoms. The van der Waals surface area contributed by atoms with E-state index >= 15 is 0 Å². The number of hydrogen-bond acceptors (Lipinski definition) is 4. The molecule has 2 aliphatic rings. The lowest BCUT2D eigenvalue weighted by Crippen LogP contribution is -2.47. The first-order chi connectivity index (χ1) is 14.1. The van der Waals surface area contributed by atoms with E-state index in [1.54, 1.807) is 0 Å². The van der Waals surface area contributed by atoms with E-state index < -0.39 is 0 Å². The number of ether oxygens (including phenoxy) is 2. The lowest BCUT2D eigenvalue weighted by atomic mass is 10.1. The van der Waals surface area contributed by atoms with Crippen LogP contribution in [-0.4, -0.2) is 75.4 Å². The van der Waals surface area contributed by atoms with Gasteiger partial charge < -0.3 is 24.6 Å². The van der Waals surface area contributed by atoms with Gasteiger partial charge in [-0.3, -0.25) is 4.99 Å². The summed E-state index contributed by atoms with van der Waals surface area (Å²) in [6, 6.07) is 8.82. The van der Waals surface area contributed by atoms with Crippen LogP contribution in [0, 0.1) is 0 Å². The molecule has 2 heterocycles. The van der Waals surface area contributed by atoms with Gasteiger partial charge >= 0.3 is 0 Å². The minimum atomic E-state index is 0.306. The first-order valence-electron chi connectivity index (χ1n) is 11.1. The second-order valence-corrected chi connectivity index (χ2v) is 8.46. The molecule has 162 valence electrons. The topological polar surface area (TPSA) is 49.3 Å². The summed E-state index contributed by atoms with van der Waals surface area (Å²) in [5.74, 6) is 0.983. The van der Waals surface area contributed by atoms with E-state index in [-0.39, 0.29) is 0 Å². The van der Waals surface area contributed by atoms with E-state index in [9.17, 15) is 0 Å². The van der Waals surface area contributed by atoms with Gasteiger partial charge in [-0.15, -0.1) is 0 Å². The number of nitrogens with zero attached hydrogens (tertiary/aromatic N) is 3. The molecule has 1 N–H and O–H groups in total. The molecular weight excluding hydrogens is 364 g/mol. The third kappa shape index (κ3) is 7.28. The van der Waals surface area contributed by atoms with E-state index in [4.69, 9.17) is 9.47 Å². The van der Waals surface area contributed by atoms with Gasteiger partial charge in [0.2, 0.25) is 0 Å². The molecule has 6 nitrogen and oxygen atoms in total. The second-order valence-electron chi connectivity index (χ2n) is 8.46. The summed E-state index contributed by atoms with van der Waals surface area (Å²) < 4.78 is 11.9. The highest BCUT2D eigenvalue weighted by atomic mass is 16.5. The first-order valence-corrected chi connectivity index (χ1v) is 11.1. The summed E-state index contributed by atoms with van der Waals surface area (Å²) in [6.07, 6.45) is 6.36. The van der Waals surface area contributed by atoms with Gasteiger partial charge in [0.15, 0.2) is 5.96 Å². The lowest BCUT2D eigenvalue weighted by Gasteiger charge is -2.35. The van der Waals surface area contributed by atoms with Crippen LogP contribution in [-0.2, 0) is 22.6 Å². The van der Waals surface area contributed by atoms with Crippen LogP contribution >= 0.6 is 0 Å². The minimum absolute atomic E-state index is 0.306. The molecule has 1 aromatic rings. The van der Waals surface area contributed by atoms with Crippen LogP contribution in [0.4, 0.5) is 0 Å². The molecule has 3 rings (SSSR count). The maximum Gasteiger partial charge on any atom is 0.193 e. The van der Waals surface area contributed by atoms with Gasteiger partial charge in [0.25, 0.3) is 0 Å². The van der Waals surface area contributed by atoms with Crippen molar-refractivity contribution in [1.82, 2.24) is 15.1 Å². The van der Waals surface area contributed by atoms with Gasteiger partial charge in [-0.25, -0.2) is 0 Å². The Morgan fingerprint density at radius 1 is 1.14 bits per heavy atom. The van der Waals surface area contributed by atoms with Crippen molar-refractivity contribution >= 4 is 5.96 Å². The van der Waals surface area contributed by atoms with Crippen LogP contribution in [0.3, 0.4) is 0 Å². The van der Waals surface area contributed by atoms with Gasteiger partial charge in [-0.2, -0.15) is 0 Å². The van der Waals surface area contributed by atoms with Crippen molar-refractivity contribution < 1.29 is 9.47 Å². The zero-order chi connectivity index (χ0) is 20.5. The third-order valence-corrected chi connectivity index (χ3v) is 5.72. The molecular formula is C23H38N4O2. The number of likely N-dealkylation sites (tertiary alicyclic amines) is 1. The maximum absolute atomic E-state index is 6.14. The highest BCUT2D eigenvalue weighted by Gasteiger charge is 2.23. The van der Waals surface area contributed by atoms with Gasteiger partial charge in [0, 0.05) is 39.8 Å². The van der Waals surface area contributed by atoms with Crippen LogP contribution < -0.4 is 5.32 Å². The lowest BCUT2D eigenvalue weighted by molar-refractivity contribution is -0.0721. The molecule has 1 atom stereocenters. The van der Waals surface area contributed by atoms with Crippen molar-refractivity contribution in [3.8, 4) is 0 Å². The molecule has 0 saturated carbocycles. The van der Waals surface area contributed by atoms with Crippen LogP contribution in [0.5, 0.6) is 0 Å². The van der Waals surface area contributed by atoms with Crippen molar-refractivity contribution in [2.45, 2.75) is 57.4 Å². The van der Waals surface area contributed by atoms with Gasteiger partial charge in [0.05, 0.1) is 18.8 Å². The van der Waals surface area contributed by atoms with E-state index in [1.165, 1.54) is 24.0 Å². The van der Waals surface area contributed by atoms with Crippen molar-refractivity contribution in [2.24, 2.45) is 4.99 Å². The maximum atomic E-state index is 6.14. The van der Waals surface area contributed by atoms with Crippen molar-refractivity contribution in [2.75, 3.05) is 47.4 Å². The Morgan fingerprint density at radius 3 is 2.48 bits per heavy atom. The molecule has 6 heteroatoms. The fourth-order valence-electron chi connectivity index (χ4n) is 4.06. The molecule has 2 saturated heterocycles. The molecule has 2 fully saturated rings. The van der Waals surface area contributed by atoms with Gasteiger partial charge in [-0.05, 0) is 57.3 Å². The quantitative estimate of drug-likeness (QED) is 0.561. The monoisotopic (exact) mass is 402 g/mol. The predicted octanol–water partition coefficient (Wildman–Crippen LogP) is 2.87. The van der Waals surface area contributed by atoms with E-state index in [2.05, 4.69) is 58.5 Å². The number of rotatable bonds is 7. The van der Waals surface area contributed by atoms with E-state index in [1.807, 2.05) is 7.05 Å². The highest BCUT2D eigenvalue weighted by Crippen LogP contribution is 2.18. The second kappa shape index (κ2) is 11.5. The van der Waals surface area contributed by atoms with Crippen LogP contribution in [0.25, 0.3) is 0 Å². The third-order valence-electron chi connectivity index (χ3n) is 5.72. The molecule has 0 aliphatic carbocycles. The molecule has 2 aliphatic heterocycles. The standard InChI is InChI=1S/C23H38N4O2/c1-24-23(25-16-19-7-9-20(10-8-19)17-26(2)3)27-13-11-21(12-14-27)29-18-22-6-4-5-15-28-22/h7-10,21-22H,4-6,11-18H2,1-3H3,(H,24,25). The molecule has 0 bridgehead atoms. The molecule has 0 amide bonds. The van der Waals surface area contributed by atoms with Crippen molar-refractivity contribution in [1.29, 1.82) is 0 Å². The summed E-state index contributed by atoms with van der Waals surface area (Å²) in [4.78, 5) is 9.02. The Hall–Kier alpha value is -1.63. The summed E-state index contributed by atoms with van der Waals surface area (Å²) in [5, 5.41) is 3.52. The van der Waals surface area contributed by atoms with E-state index in [0.717, 1.165) is 64.6 Å². The summed E-state index contributed by atoms with van der Waals surface area (Å²) in [6.45, 7) is 5.38. The predicted molar refractivity (Wildman–Crippen MR) is 118 cm³/mol. The Balaban J connectivity index is 1.38. The average molecular weight is 403 g/mol. The summed E-state index contributed by atoms with van der Waals surface area (Å²) in [5.41, 5.74) is 2.61. The number of piperidine rings is 1. The van der Waals surface area contributed by atoms with Crippen LogP contribution in [0.15, 0.2) is 29.3 Å². The Morgan fingerprint density at radius 2 is 1.86 bits per heavy atom. The normalized spacial score (nSPS) is 21.6. The number of hydrogen-bond donors (Lipinski definition) is 1. The van der Waals surface area contributed by atoms with E-state index in [0.29, 0.717) is 12.2 Å². The zero-order valence-corrected chi connectivity index (χ0v) is 18.4. The van der Waals surface area contributed by atoms with Crippen LogP contribution in [0.2, 0.25) is 0 Å². The largest absolute Gasteiger partial charge is 0.376 e. The van der Waals surface area contributed by atoms with Gasteiger partial charge in [-0.1, -0.05) is 24.3 Å². The number of guanidine groups is 1. The number of aliphatic imine (C=N–C) groups is 1. The van der Waals surface area contributed by atoms with Crippen molar-refractivity contribution in [3.05, 3.63) is 35.4 Å². The first kappa shape index (κ1) is 22.1. The zero-order valence-electron chi connectivity index (χ0n) is 18.4. The van der Waals surface area contributed by atoms with Gasteiger partial charge in [0.1, 0.15) is 0 Å². The minimum Gasteiger partial charge on any atom is -0.376 e. The smallest absolute Gasteiger partial charge is 0.193 e. The molecule has 0 radical (unpaired) electrons. The summed E-state index contributed by atoms with van der Waals surface area (Å²) in [7, 11) is 6.06. The number of nitrogens with one attached hydrogen (secondary N) is 1. The summed E-state index contributed by atoms with van der Waals surface area (Å²) >= 11 is 0. The fraction of sp³-hybridized carbons (Fsp3) is 0.696. The SMILES string of the molecule is CN=C(NCc1ccc(CN(C)C)cc1)N1CCC(OCC2CCCCO2)CC1. The Kier molecular flexibility index (Phi) is 8.77. The van der Waals surface area contributed by atoms with Crippen LogP contribution in [0.1, 0.15) is 43.2 Å². The highest BCUT2D eigenvalue weighted by molar-refractivity contribution is 5.79. The molecule has 1 unspecified atom stereocenters. The average Bonchev–Trinajstić information content (AvgIpc) is 2.75. The number of benzene rings is 1. The molecule has 0 spiro atoms. The fourth-order valence-corrected chi connectivity index (χ4v) is 4.06. The Bertz CT molecular complexity index is 618. The molecule has 1 aromatic carbocycles. The Labute approximate surface area is 176 Å². The van der Waals surface area contributed by atoms with Crippen molar-refractivity contribution in [3.63, 3.8) is 0 Å². The molecule has 0 aromatic heterocycles.